The van der Waals surface area contributed by atoms with E-state index in [2.05, 4.69) is 0 Å². The second kappa shape index (κ2) is 23.8. The van der Waals surface area contributed by atoms with Crippen LogP contribution >= 0.6 is 0 Å². The van der Waals surface area contributed by atoms with Gasteiger partial charge in [0, 0.05) is 32.1 Å². The van der Waals surface area contributed by atoms with Crippen molar-refractivity contribution in [2.24, 2.45) is 5.92 Å². The molecule has 0 atom stereocenters. The molecule has 0 bridgehead atoms. The van der Waals surface area contributed by atoms with Gasteiger partial charge in [0.25, 0.3) is 0 Å². The number of esters is 1. The first-order valence-electron chi connectivity index (χ1n) is 15.9. The molecule has 1 aliphatic heterocycles. The maximum atomic E-state index is 12.8. The fourth-order valence-corrected chi connectivity index (χ4v) is 4.19. The molecule has 45 heavy (non-hydrogen) atoms. The van der Waals surface area contributed by atoms with Gasteiger partial charge >= 0.3 is 18.0 Å². The lowest BCUT2D eigenvalue weighted by Crippen LogP contribution is -2.50. The number of nitrogens with zero attached hydrogens (tertiary/aromatic N) is 2. The number of hydrogen-bond donors (Lipinski definition) is 1. The van der Waals surface area contributed by atoms with Gasteiger partial charge in [0.05, 0.1) is 85.5 Å². The highest BCUT2D eigenvalue weighted by Gasteiger charge is 2.31. The van der Waals surface area contributed by atoms with E-state index in [0.29, 0.717) is 104 Å². The third-order valence-corrected chi connectivity index (χ3v) is 6.42. The van der Waals surface area contributed by atoms with Crippen molar-refractivity contribution in [2.75, 3.05) is 92.3 Å². The van der Waals surface area contributed by atoms with Gasteiger partial charge in [0.15, 0.2) is 0 Å². The molecule has 1 N–H and O–H groups in total. The number of carboxylic acid groups (broad SMARTS) is 1. The number of piperidine rings is 1. The largest absolute Gasteiger partial charge is 0.481 e. The molecule has 1 fully saturated rings. The van der Waals surface area contributed by atoms with E-state index in [1.807, 2.05) is 34.6 Å². The van der Waals surface area contributed by atoms with Crippen LogP contribution in [0.4, 0.5) is 4.79 Å². The minimum atomic E-state index is -1.02. The first-order chi connectivity index (χ1) is 21.4. The summed E-state index contributed by atoms with van der Waals surface area (Å²) < 4.78 is 37.9. The molecule has 0 aromatic carbocycles. The molecule has 1 heterocycles. The predicted molar refractivity (Wildman–Crippen MR) is 164 cm³/mol. The molecule has 0 unspecified atom stereocenters. The predicted octanol–water partition coefficient (Wildman–Crippen LogP) is 2.75. The third-order valence-electron chi connectivity index (χ3n) is 6.42. The zero-order valence-electron chi connectivity index (χ0n) is 27.9. The fraction of sp³-hybridized carbons (Fsp3) is 0.871. The first kappa shape index (κ1) is 40.5. The zero-order valence-corrected chi connectivity index (χ0v) is 27.9. The Kier molecular flexibility index (Phi) is 21.4. The average Bonchev–Trinajstić information content (AvgIpc) is 2.97. The van der Waals surface area contributed by atoms with Crippen LogP contribution in [0.5, 0.6) is 0 Å². The van der Waals surface area contributed by atoms with Crippen LogP contribution in [0.15, 0.2) is 0 Å². The van der Waals surface area contributed by atoms with Crippen molar-refractivity contribution >= 4 is 23.9 Å². The summed E-state index contributed by atoms with van der Waals surface area (Å²) in [6.45, 7) is 14.8. The standard InChI is InChI=1S/C31H56N2O12/c1-25(2)24-44-29(37)10-14-39-16-18-41-20-22-43-23-21-42-19-17-40-15-13-33(27(34)6-7-28(35)36)26-8-11-32(12-9-26)30(38)45-31(3,4)5/h25-26H,6-24H2,1-5H3,(H,35,36). The fourth-order valence-electron chi connectivity index (χ4n) is 4.19. The number of ether oxygens (including phenoxy) is 7. The summed E-state index contributed by atoms with van der Waals surface area (Å²) in [5.41, 5.74) is -0.583. The van der Waals surface area contributed by atoms with Crippen LogP contribution in [-0.2, 0) is 47.5 Å². The molecule has 0 saturated carbocycles. The highest BCUT2D eigenvalue weighted by Crippen LogP contribution is 2.20. The summed E-state index contributed by atoms with van der Waals surface area (Å²) >= 11 is 0. The number of rotatable bonds is 24. The maximum Gasteiger partial charge on any atom is 0.410 e. The molecule has 0 radical (unpaired) electrons. The molecule has 2 amide bonds. The van der Waals surface area contributed by atoms with Crippen LogP contribution < -0.4 is 0 Å². The Labute approximate surface area is 267 Å². The maximum absolute atomic E-state index is 12.8. The van der Waals surface area contributed by atoms with E-state index in [9.17, 15) is 19.2 Å². The van der Waals surface area contributed by atoms with Gasteiger partial charge in [0.2, 0.25) is 5.91 Å². The molecule has 0 aromatic heterocycles. The Bertz CT molecular complexity index is 841. The van der Waals surface area contributed by atoms with Crippen molar-refractivity contribution in [3.8, 4) is 0 Å². The Hall–Kier alpha value is -2.52. The SMILES string of the molecule is CC(C)COC(=O)CCOCCOCCOCCOCCOCCN(C(=O)CCC(=O)O)C1CCN(C(=O)OC(C)(C)C)CC1. The Balaban J connectivity index is 2.12. The van der Waals surface area contributed by atoms with Gasteiger partial charge < -0.3 is 48.1 Å². The number of aliphatic carboxylic acids is 1. The molecular formula is C31H56N2O12. The van der Waals surface area contributed by atoms with Crippen molar-refractivity contribution in [3.63, 3.8) is 0 Å². The summed E-state index contributed by atoms with van der Waals surface area (Å²) in [6.07, 6.45) is 0.698. The van der Waals surface area contributed by atoms with E-state index in [1.165, 1.54) is 0 Å². The lowest BCUT2D eigenvalue weighted by atomic mass is 10.0. The molecule has 14 heteroatoms. The van der Waals surface area contributed by atoms with Gasteiger partial charge in [-0.15, -0.1) is 0 Å². The lowest BCUT2D eigenvalue weighted by Gasteiger charge is -2.39. The number of carbonyl (C=O) groups excluding carboxylic acids is 3. The van der Waals surface area contributed by atoms with Crippen LogP contribution in [0.1, 0.15) is 66.7 Å². The topological polar surface area (TPSA) is 160 Å². The smallest absolute Gasteiger partial charge is 0.410 e. The van der Waals surface area contributed by atoms with E-state index in [0.717, 1.165) is 0 Å². The zero-order chi connectivity index (χ0) is 33.5. The van der Waals surface area contributed by atoms with Crippen molar-refractivity contribution < 1.29 is 57.4 Å². The Morgan fingerprint density at radius 1 is 0.756 bits per heavy atom. The molecular weight excluding hydrogens is 592 g/mol. The number of hydrogen-bond acceptors (Lipinski definition) is 11. The highest BCUT2D eigenvalue weighted by atomic mass is 16.6. The minimum Gasteiger partial charge on any atom is -0.481 e. The Morgan fingerprint density at radius 2 is 1.24 bits per heavy atom. The van der Waals surface area contributed by atoms with E-state index < -0.39 is 11.6 Å². The summed E-state index contributed by atoms with van der Waals surface area (Å²) in [5.74, 6) is -1.20. The van der Waals surface area contributed by atoms with Crippen molar-refractivity contribution in [1.82, 2.24) is 9.80 Å². The molecule has 0 aliphatic carbocycles. The quantitative estimate of drug-likeness (QED) is 0.121. The van der Waals surface area contributed by atoms with E-state index in [-0.39, 0.29) is 49.9 Å². The molecule has 0 spiro atoms. The van der Waals surface area contributed by atoms with Crippen LogP contribution in [0.3, 0.4) is 0 Å². The molecule has 1 saturated heterocycles. The first-order valence-corrected chi connectivity index (χ1v) is 15.9. The van der Waals surface area contributed by atoms with Gasteiger partial charge in [-0.2, -0.15) is 0 Å². The molecule has 1 aliphatic rings. The number of amides is 2. The van der Waals surface area contributed by atoms with Gasteiger partial charge in [0.1, 0.15) is 5.60 Å². The number of carboxylic acids is 1. The molecule has 0 aromatic rings. The van der Waals surface area contributed by atoms with E-state index in [1.54, 1.807) is 9.80 Å². The second-order valence-corrected chi connectivity index (χ2v) is 12.1. The highest BCUT2D eigenvalue weighted by molar-refractivity contribution is 5.81. The molecule has 1 rings (SSSR count). The normalized spacial score (nSPS) is 14.0. The van der Waals surface area contributed by atoms with Gasteiger partial charge in [-0.3, -0.25) is 14.4 Å². The van der Waals surface area contributed by atoms with Crippen molar-refractivity contribution in [2.45, 2.75) is 78.4 Å². The van der Waals surface area contributed by atoms with E-state index >= 15 is 0 Å². The van der Waals surface area contributed by atoms with Gasteiger partial charge in [-0.1, -0.05) is 13.8 Å². The van der Waals surface area contributed by atoms with Crippen LogP contribution in [0, 0.1) is 5.92 Å². The minimum absolute atomic E-state index is 0.0831. The van der Waals surface area contributed by atoms with Crippen LogP contribution in [0.25, 0.3) is 0 Å². The summed E-state index contributed by atoms with van der Waals surface area (Å²) in [6, 6.07) is -0.108. The van der Waals surface area contributed by atoms with Gasteiger partial charge in [-0.25, -0.2) is 4.79 Å². The summed E-state index contributed by atoms with van der Waals surface area (Å²) in [5, 5.41) is 9.01. The molecule has 262 valence electrons. The molecule has 14 nitrogen and oxygen atoms in total. The summed E-state index contributed by atoms with van der Waals surface area (Å²) in [4.78, 5) is 51.0. The van der Waals surface area contributed by atoms with Crippen molar-refractivity contribution in [1.29, 1.82) is 0 Å². The monoisotopic (exact) mass is 648 g/mol. The third kappa shape index (κ3) is 21.8. The van der Waals surface area contributed by atoms with Crippen LogP contribution in [-0.4, -0.2) is 143 Å². The van der Waals surface area contributed by atoms with Crippen LogP contribution in [0.2, 0.25) is 0 Å². The number of carbonyl (C=O) groups is 4. The van der Waals surface area contributed by atoms with Gasteiger partial charge in [-0.05, 0) is 39.5 Å². The second-order valence-electron chi connectivity index (χ2n) is 12.1. The number of likely N-dealkylation sites (tertiary alicyclic amines) is 1. The Morgan fingerprint density at radius 3 is 1.71 bits per heavy atom. The van der Waals surface area contributed by atoms with Crippen molar-refractivity contribution in [3.05, 3.63) is 0 Å². The average molecular weight is 649 g/mol. The lowest BCUT2D eigenvalue weighted by molar-refractivity contribution is -0.146. The summed E-state index contributed by atoms with van der Waals surface area (Å²) in [7, 11) is 0. The van der Waals surface area contributed by atoms with E-state index in [4.69, 9.17) is 38.3 Å².